The van der Waals surface area contributed by atoms with Crippen LogP contribution in [0.2, 0.25) is 0 Å². The molecule has 2 N–H and O–H groups in total. The third-order valence-electron chi connectivity index (χ3n) is 8.12. The maximum absolute atomic E-state index is 13.9. The first-order valence-corrected chi connectivity index (χ1v) is 15.7. The van der Waals surface area contributed by atoms with E-state index in [4.69, 9.17) is 4.74 Å². The number of amides is 3. The summed E-state index contributed by atoms with van der Waals surface area (Å²) >= 11 is 1.52. The lowest BCUT2D eigenvalue weighted by atomic mass is 9.72. The molecule has 4 rings (SSSR count). The van der Waals surface area contributed by atoms with E-state index in [9.17, 15) is 24.5 Å². The number of thiophene rings is 1. The van der Waals surface area contributed by atoms with Crippen LogP contribution >= 0.6 is 11.3 Å². The Labute approximate surface area is 251 Å². The Morgan fingerprint density at radius 3 is 2.33 bits per heavy atom. The van der Waals surface area contributed by atoms with E-state index in [2.05, 4.69) is 10.6 Å². The van der Waals surface area contributed by atoms with Gasteiger partial charge < -0.3 is 20.3 Å². The highest BCUT2D eigenvalue weighted by Crippen LogP contribution is 2.37. The number of carbonyl (C=O) groups excluding carboxylic acids is 3. The van der Waals surface area contributed by atoms with Crippen LogP contribution in [0.25, 0.3) is 0 Å². The van der Waals surface area contributed by atoms with Crippen molar-refractivity contribution in [3.8, 4) is 0 Å². The van der Waals surface area contributed by atoms with Gasteiger partial charge in [-0.3, -0.25) is 19.7 Å². The fourth-order valence-electron chi connectivity index (χ4n) is 5.85. The van der Waals surface area contributed by atoms with Crippen LogP contribution < -0.4 is 10.6 Å². The molecular formula is C31H42N4O6S. The fourth-order valence-corrected chi connectivity index (χ4v) is 6.60. The smallest absolute Gasteiger partial charge is 0.408 e. The lowest BCUT2D eigenvalue weighted by Gasteiger charge is -2.42. The highest BCUT2D eigenvalue weighted by molar-refractivity contribution is 7.09. The molecule has 1 saturated carbocycles. The SMILES string of the molecule is CC(C)(C)OC(=O)NC(Cc1cccs1)C(=O)N1CCC(Cc2ccc([N+](=O)[O-])cc2)(C(=O)NC2CCCCC2)CC1. The highest BCUT2D eigenvalue weighted by atomic mass is 32.1. The Morgan fingerprint density at radius 2 is 1.76 bits per heavy atom. The molecule has 1 aromatic heterocycles. The fraction of sp³-hybridized carbons (Fsp3) is 0.581. The van der Waals surface area contributed by atoms with Crippen molar-refractivity contribution < 1.29 is 24.0 Å². The predicted octanol–water partition coefficient (Wildman–Crippen LogP) is 5.39. The molecule has 3 amide bonds. The van der Waals surface area contributed by atoms with E-state index < -0.39 is 28.1 Å². The molecule has 11 heteroatoms. The zero-order chi connectivity index (χ0) is 30.3. The van der Waals surface area contributed by atoms with Gasteiger partial charge in [0, 0.05) is 42.6 Å². The largest absolute Gasteiger partial charge is 0.444 e. The summed E-state index contributed by atoms with van der Waals surface area (Å²) in [6.07, 6.45) is 6.34. The van der Waals surface area contributed by atoms with Crippen LogP contribution in [-0.2, 0) is 27.2 Å². The van der Waals surface area contributed by atoms with Crippen molar-refractivity contribution in [3.05, 3.63) is 62.3 Å². The third kappa shape index (κ3) is 8.53. The molecule has 2 aliphatic rings. The van der Waals surface area contributed by atoms with Crippen LogP contribution in [-0.4, -0.2) is 58.5 Å². The third-order valence-corrected chi connectivity index (χ3v) is 9.02. The van der Waals surface area contributed by atoms with Crippen molar-refractivity contribution in [1.29, 1.82) is 0 Å². The van der Waals surface area contributed by atoms with Gasteiger partial charge in [-0.2, -0.15) is 0 Å². The second-order valence-corrected chi connectivity index (χ2v) is 13.5. The summed E-state index contributed by atoms with van der Waals surface area (Å²) in [6, 6.07) is 9.57. The molecule has 2 fully saturated rings. The van der Waals surface area contributed by atoms with Crippen LogP contribution in [0.1, 0.15) is 76.2 Å². The summed E-state index contributed by atoms with van der Waals surface area (Å²) < 4.78 is 5.44. The average molecular weight is 599 g/mol. The van der Waals surface area contributed by atoms with E-state index in [0.717, 1.165) is 36.1 Å². The van der Waals surface area contributed by atoms with Gasteiger partial charge in [0.1, 0.15) is 11.6 Å². The first-order chi connectivity index (χ1) is 19.9. The predicted molar refractivity (Wildman–Crippen MR) is 161 cm³/mol. The summed E-state index contributed by atoms with van der Waals surface area (Å²) in [4.78, 5) is 53.7. The van der Waals surface area contributed by atoms with E-state index in [0.29, 0.717) is 38.8 Å². The number of nitrogens with one attached hydrogen (secondary N) is 2. The van der Waals surface area contributed by atoms with E-state index in [1.807, 2.05) is 17.5 Å². The molecule has 0 radical (unpaired) electrons. The Bertz CT molecular complexity index is 1230. The minimum atomic E-state index is -0.795. The van der Waals surface area contributed by atoms with E-state index in [1.54, 1.807) is 37.8 Å². The van der Waals surface area contributed by atoms with Crippen molar-refractivity contribution in [2.24, 2.45) is 5.41 Å². The van der Waals surface area contributed by atoms with Crippen molar-refractivity contribution >= 4 is 34.9 Å². The molecule has 228 valence electrons. The number of rotatable bonds is 9. The van der Waals surface area contributed by atoms with Crippen LogP contribution in [0.4, 0.5) is 10.5 Å². The molecule has 1 atom stereocenters. The molecule has 1 aliphatic heterocycles. The summed E-state index contributed by atoms with van der Waals surface area (Å²) in [7, 11) is 0. The number of nitro groups is 1. The van der Waals surface area contributed by atoms with Gasteiger partial charge in [-0.25, -0.2) is 4.79 Å². The molecule has 0 bridgehead atoms. The lowest BCUT2D eigenvalue weighted by Crippen LogP contribution is -2.56. The van der Waals surface area contributed by atoms with Crippen molar-refractivity contribution in [2.45, 2.75) is 96.2 Å². The standard InChI is InChI=1S/C31H42N4O6S/c1-30(2,3)41-29(38)33-26(20-25-10-7-19-42-25)27(36)34-17-15-31(16-18-34,28(37)32-23-8-5-4-6-9-23)21-22-11-13-24(14-12-22)35(39)40/h7,10-14,19,23,26H,4-6,8-9,15-18,20-21H2,1-3H3,(H,32,37)(H,33,38). The quantitative estimate of drug-likeness (QED) is 0.294. The molecule has 2 aromatic rings. The summed E-state index contributed by atoms with van der Waals surface area (Å²) in [5, 5.41) is 19.2. The van der Waals surface area contributed by atoms with Gasteiger partial charge in [0.25, 0.3) is 5.69 Å². The second-order valence-electron chi connectivity index (χ2n) is 12.5. The Hall–Kier alpha value is -3.47. The van der Waals surface area contributed by atoms with E-state index >= 15 is 0 Å². The van der Waals surface area contributed by atoms with Gasteiger partial charge >= 0.3 is 6.09 Å². The number of hydrogen-bond donors (Lipinski definition) is 2. The Kier molecular flexibility index (Phi) is 10.2. The summed E-state index contributed by atoms with van der Waals surface area (Å²) in [6.45, 7) is 6.05. The molecular weight excluding hydrogens is 556 g/mol. The topological polar surface area (TPSA) is 131 Å². The molecule has 1 aromatic carbocycles. The maximum atomic E-state index is 13.9. The summed E-state index contributed by atoms with van der Waals surface area (Å²) in [5.74, 6) is -0.215. The van der Waals surface area contributed by atoms with Gasteiger partial charge in [-0.05, 0) is 69.9 Å². The van der Waals surface area contributed by atoms with Crippen LogP contribution in [0.5, 0.6) is 0 Å². The minimum absolute atomic E-state index is 0.00847. The number of carbonyl (C=O) groups is 3. The molecule has 42 heavy (non-hydrogen) atoms. The maximum Gasteiger partial charge on any atom is 0.408 e. The number of benzene rings is 1. The first-order valence-electron chi connectivity index (χ1n) is 14.8. The Morgan fingerprint density at radius 1 is 1.10 bits per heavy atom. The van der Waals surface area contributed by atoms with Gasteiger partial charge in [-0.1, -0.05) is 37.5 Å². The number of nitrogens with zero attached hydrogens (tertiary/aromatic N) is 2. The number of alkyl carbamates (subject to hydrolysis) is 1. The van der Waals surface area contributed by atoms with Gasteiger partial charge in [-0.15, -0.1) is 11.3 Å². The Balaban J connectivity index is 1.50. The van der Waals surface area contributed by atoms with Crippen LogP contribution in [0.15, 0.2) is 41.8 Å². The van der Waals surface area contributed by atoms with Gasteiger partial charge in [0.2, 0.25) is 11.8 Å². The molecule has 10 nitrogen and oxygen atoms in total. The zero-order valence-electron chi connectivity index (χ0n) is 24.7. The number of non-ortho nitro benzene ring substituents is 1. The number of likely N-dealkylation sites (tertiary alicyclic amines) is 1. The van der Waals surface area contributed by atoms with E-state index in [1.165, 1.54) is 29.9 Å². The monoisotopic (exact) mass is 598 g/mol. The zero-order valence-corrected chi connectivity index (χ0v) is 25.5. The van der Waals surface area contributed by atoms with Gasteiger partial charge in [0.05, 0.1) is 10.3 Å². The molecule has 1 saturated heterocycles. The van der Waals surface area contributed by atoms with Crippen LogP contribution in [0, 0.1) is 15.5 Å². The van der Waals surface area contributed by atoms with Crippen molar-refractivity contribution in [3.63, 3.8) is 0 Å². The van der Waals surface area contributed by atoms with Crippen molar-refractivity contribution in [2.75, 3.05) is 13.1 Å². The molecule has 2 heterocycles. The number of ether oxygens (including phenoxy) is 1. The lowest BCUT2D eigenvalue weighted by molar-refractivity contribution is -0.384. The summed E-state index contributed by atoms with van der Waals surface area (Å²) in [5.41, 5.74) is -0.586. The normalized spacial score (nSPS) is 18.1. The number of piperidine rings is 1. The highest BCUT2D eigenvalue weighted by Gasteiger charge is 2.44. The second kappa shape index (κ2) is 13.7. The first kappa shape index (κ1) is 31.5. The molecule has 1 unspecified atom stereocenters. The molecule has 0 spiro atoms. The molecule has 1 aliphatic carbocycles. The van der Waals surface area contributed by atoms with Crippen LogP contribution in [0.3, 0.4) is 0 Å². The number of hydrogen-bond acceptors (Lipinski definition) is 7. The van der Waals surface area contributed by atoms with E-state index in [-0.39, 0.29) is 23.5 Å². The van der Waals surface area contributed by atoms with Crippen molar-refractivity contribution in [1.82, 2.24) is 15.5 Å². The van der Waals surface area contributed by atoms with Gasteiger partial charge in [0.15, 0.2) is 0 Å². The average Bonchev–Trinajstić information content (AvgIpc) is 3.46. The minimum Gasteiger partial charge on any atom is -0.444 e. The number of nitro benzene ring substituents is 1.